The molecule has 4 aromatic rings. The number of nitrogens with zero attached hydrogens (tertiary/aromatic N) is 4. The second kappa shape index (κ2) is 11.5. The second-order valence-electron chi connectivity index (χ2n) is 7.73. The van der Waals surface area contributed by atoms with Crippen molar-refractivity contribution in [2.45, 2.75) is 19.0 Å². The number of carbonyl (C=O) groups is 1. The Morgan fingerprint density at radius 2 is 1.69 bits per heavy atom. The number of nitrogens with one attached hydrogen (secondary N) is 1. The summed E-state index contributed by atoms with van der Waals surface area (Å²) in [6.45, 7) is 6.14. The van der Waals surface area contributed by atoms with Crippen molar-refractivity contribution >= 4 is 40.5 Å². The van der Waals surface area contributed by atoms with Crippen LogP contribution in [0.3, 0.4) is 0 Å². The maximum atomic E-state index is 13.2. The average Bonchev–Trinajstić information content (AvgIpc) is 2.89. The summed E-state index contributed by atoms with van der Waals surface area (Å²) in [5.41, 5.74) is 5.73. The first-order valence-corrected chi connectivity index (χ1v) is 12.5. The Morgan fingerprint density at radius 3 is 2.40 bits per heavy atom. The van der Waals surface area contributed by atoms with Gasteiger partial charge in [-0.2, -0.15) is 5.10 Å². The molecule has 0 saturated heterocycles. The van der Waals surface area contributed by atoms with E-state index in [1.54, 1.807) is 22.9 Å². The van der Waals surface area contributed by atoms with Crippen molar-refractivity contribution < 1.29 is 4.79 Å². The van der Waals surface area contributed by atoms with Gasteiger partial charge in [-0.05, 0) is 55.8 Å². The number of amides is 1. The van der Waals surface area contributed by atoms with Gasteiger partial charge in [-0.25, -0.2) is 10.4 Å². The van der Waals surface area contributed by atoms with Crippen molar-refractivity contribution in [3.05, 3.63) is 94.8 Å². The molecule has 0 fully saturated rings. The van der Waals surface area contributed by atoms with E-state index in [1.807, 2.05) is 66.7 Å². The topological polar surface area (TPSA) is 79.6 Å². The molecule has 3 aromatic carbocycles. The van der Waals surface area contributed by atoms with Gasteiger partial charge in [0, 0.05) is 18.8 Å². The van der Waals surface area contributed by atoms with Crippen molar-refractivity contribution in [2.75, 3.05) is 23.7 Å². The van der Waals surface area contributed by atoms with Crippen molar-refractivity contribution in [1.29, 1.82) is 0 Å². The number of carbonyl (C=O) groups excluding carboxylic acids is 1. The van der Waals surface area contributed by atoms with Crippen molar-refractivity contribution in [3.8, 4) is 5.69 Å². The predicted octanol–water partition coefficient (Wildman–Crippen LogP) is 4.47. The lowest BCUT2D eigenvalue weighted by Crippen LogP contribution is -2.24. The lowest BCUT2D eigenvalue weighted by atomic mass is 10.2. The normalized spacial score (nSPS) is 11.1. The average molecular weight is 486 g/mol. The van der Waals surface area contributed by atoms with E-state index in [0.717, 1.165) is 24.3 Å². The number of fused-ring (bicyclic) bond motifs is 1. The zero-order valence-electron chi connectivity index (χ0n) is 19.7. The van der Waals surface area contributed by atoms with E-state index in [-0.39, 0.29) is 17.2 Å². The monoisotopic (exact) mass is 485 g/mol. The Morgan fingerprint density at radius 1 is 1.00 bits per heavy atom. The molecule has 1 heterocycles. The van der Waals surface area contributed by atoms with E-state index in [1.165, 1.54) is 11.8 Å². The minimum absolute atomic E-state index is 0.0653. The molecule has 0 bridgehead atoms. The third-order valence-electron chi connectivity index (χ3n) is 5.52. The number of para-hydroxylation sites is 2. The van der Waals surface area contributed by atoms with E-state index >= 15 is 0 Å². The smallest absolute Gasteiger partial charge is 0.266 e. The quantitative estimate of drug-likeness (QED) is 0.164. The van der Waals surface area contributed by atoms with Gasteiger partial charge in [0.05, 0.1) is 28.6 Å². The highest BCUT2D eigenvalue weighted by Crippen LogP contribution is 2.21. The van der Waals surface area contributed by atoms with Gasteiger partial charge < -0.3 is 4.90 Å². The lowest BCUT2D eigenvalue weighted by molar-refractivity contribution is -0.118. The number of aromatic nitrogens is 2. The molecular formula is C27H27N5O2S. The van der Waals surface area contributed by atoms with E-state index in [0.29, 0.717) is 21.7 Å². The van der Waals surface area contributed by atoms with E-state index in [2.05, 4.69) is 34.3 Å². The summed E-state index contributed by atoms with van der Waals surface area (Å²) in [6.07, 6.45) is 1.61. The van der Waals surface area contributed by atoms with Crippen LogP contribution in [0.2, 0.25) is 0 Å². The third kappa shape index (κ3) is 5.78. The molecule has 0 aliphatic rings. The highest BCUT2D eigenvalue weighted by Gasteiger charge is 2.14. The van der Waals surface area contributed by atoms with Crippen LogP contribution in [-0.2, 0) is 4.79 Å². The number of hydrogen-bond donors (Lipinski definition) is 1. The highest BCUT2D eigenvalue weighted by atomic mass is 32.2. The van der Waals surface area contributed by atoms with Crippen molar-refractivity contribution in [3.63, 3.8) is 0 Å². The van der Waals surface area contributed by atoms with Gasteiger partial charge >= 0.3 is 0 Å². The molecule has 0 radical (unpaired) electrons. The summed E-state index contributed by atoms with van der Waals surface area (Å²) in [4.78, 5) is 32.6. The van der Waals surface area contributed by atoms with Crippen LogP contribution < -0.4 is 15.9 Å². The molecule has 0 aliphatic carbocycles. The molecule has 178 valence electrons. The molecule has 1 amide bonds. The van der Waals surface area contributed by atoms with Gasteiger partial charge in [0.25, 0.3) is 11.5 Å². The Hall–Kier alpha value is -3.91. The maximum Gasteiger partial charge on any atom is 0.266 e. The molecule has 35 heavy (non-hydrogen) atoms. The van der Waals surface area contributed by atoms with Crippen LogP contribution in [0.15, 0.2) is 93.9 Å². The first-order chi connectivity index (χ1) is 17.1. The molecule has 0 unspecified atom stereocenters. The number of benzene rings is 3. The maximum absolute atomic E-state index is 13.2. The van der Waals surface area contributed by atoms with Gasteiger partial charge in [-0.1, -0.05) is 54.2 Å². The largest absolute Gasteiger partial charge is 0.372 e. The summed E-state index contributed by atoms with van der Waals surface area (Å²) in [5.74, 6) is -0.219. The fourth-order valence-corrected chi connectivity index (χ4v) is 4.52. The van der Waals surface area contributed by atoms with E-state index in [4.69, 9.17) is 0 Å². The first-order valence-electron chi connectivity index (χ1n) is 11.5. The Labute approximate surface area is 208 Å². The number of hydrazone groups is 1. The van der Waals surface area contributed by atoms with Crippen LogP contribution in [0, 0.1) is 0 Å². The van der Waals surface area contributed by atoms with Crippen LogP contribution in [0.4, 0.5) is 5.69 Å². The van der Waals surface area contributed by atoms with Crippen LogP contribution in [0.1, 0.15) is 19.4 Å². The summed E-state index contributed by atoms with van der Waals surface area (Å²) in [6, 6.07) is 24.5. The zero-order chi connectivity index (χ0) is 24.6. The molecule has 0 atom stereocenters. The number of anilines is 1. The fourth-order valence-electron chi connectivity index (χ4n) is 3.72. The minimum Gasteiger partial charge on any atom is -0.372 e. The number of hydrogen-bond acceptors (Lipinski definition) is 6. The summed E-state index contributed by atoms with van der Waals surface area (Å²) < 4.78 is 1.54. The molecule has 1 N–H and O–H groups in total. The zero-order valence-corrected chi connectivity index (χ0v) is 20.5. The van der Waals surface area contributed by atoms with Crippen LogP contribution in [0.25, 0.3) is 16.6 Å². The summed E-state index contributed by atoms with van der Waals surface area (Å²) >= 11 is 1.20. The standard InChI is InChI=1S/C27H27N5O2S/c1-3-31(4-2)21-16-14-20(15-17-21)18-28-30-25(33)19-35-27-29-24-13-9-8-12-23(24)26(34)32(27)22-10-6-5-7-11-22/h5-18H,3-4,19H2,1-2H3,(H,30,33). The minimum atomic E-state index is -0.284. The van der Waals surface area contributed by atoms with Gasteiger partial charge in [0.1, 0.15) is 0 Å². The molecule has 0 saturated carbocycles. The lowest BCUT2D eigenvalue weighted by Gasteiger charge is -2.20. The second-order valence-corrected chi connectivity index (χ2v) is 8.68. The molecule has 0 spiro atoms. The highest BCUT2D eigenvalue weighted by molar-refractivity contribution is 7.99. The summed E-state index contributed by atoms with van der Waals surface area (Å²) in [5, 5.41) is 5.06. The number of thioether (sulfide) groups is 1. The van der Waals surface area contributed by atoms with Crippen LogP contribution in [-0.4, -0.2) is 40.5 Å². The van der Waals surface area contributed by atoms with E-state index < -0.39 is 0 Å². The first kappa shape index (κ1) is 24.2. The fraction of sp³-hybridized carbons (Fsp3) is 0.185. The Kier molecular flexibility index (Phi) is 7.95. The van der Waals surface area contributed by atoms with Gasteiger partial charge in [0.15, 0.2) is 5.16 Å². The number of rotatable bonds is 9. The van der Waals surface area contributed by atoms with Crippen molar-refractivity contribution in [2.24, 2.45) is 5.10 Å². The molecule has 1 aromatic heterocycles. The van der Waals surface area contributed by atoms with E-state index in [9.17, 15) is 9.59 Å². The molecule has 7 nitrogen and oxygen atoms in total. The molecular weight excluding hydrogens is 458 g/mol. The molecule has 4 rings (SSSR count). The van der Waals surface area contributed by atoms with Gasteiger partial charge in [-0.3, -0.25) is 14.2 Å². The predicted molar refractivity (Wildman–Crippen MR) is 144 cm³/mol. The van der Waals surface area contributed by atoms with Crippen LogP contribution >= 0.6 is 11.8 Å². The Balaban J connectivity index is 1.46. The van der Waals surface area contributed by atoms with Crippen LogP contribution in [0.5, 0.6) is 0 Å². The molecule has 8 heteroatoms. The van der Waals surface area contributed by atoms with Crippen molar-refractivity contribution in [1.82, 2.24) is 15.0 Å². The third-order valence-corrected chi connectivity index (χ3v) is 6.45. The molecule has 0 aliphatic heterocycles. The summed E-state index contributed by atoms with van der Waals surface area (Å²) in [7, 11) is 0. The van der Waals surface area contributed by atoms with Gasteiger partial charge in [-0.15, -0.1) is 0 Å². The van der Waals surface area contributed by atoms with Gasteiger partial charge in [0.2, 0.25) is 0 Å². The Bertz CT molecular complexity index is 1380. The SMILES string of the molecule is CCN(CC)c1ccc(C=NNC(=O)CSc2nc3ccccc3c(=O)n2-c2ccccc2)cc1.